The lowest BCUT2D eigenvalue weighted by Gasteiger charge is -2.46. The van der Waals surface area contributed by atoms with E-state index in [-0.39, 0.29) is 29.9 Å². The number of rotatable bonds is 19. The van der Waals surface area contributed by atoms with Crippen molar-refractivity contribution >= 4 is 53.0 Å². The summed E-state index contributed by atoms with van der Waals surface area (Å²) in [5.41, 5.74) is -6.04. The average Bonchev–Trinajstić information content (AvgIpc) is 2.04. The lowest BCUT2D eigenvalue weighted by molar-refractivity contribution is -0.339. The number of benzene rings is 2. The zero-order valence-corrected chi connectivity index (χ0v) is 45.9. The monoisotopic (exact) mass is 1190 g/mol. The summed E-state index contributed by atoms with van der Waals surface area (Å²) >= 11 is 0. The lowest BCUT2D eigenvalue weighted by Crippen LogP contribution is -2.62. The maximum atomic E-state index is 14.4. The van der Waals surface area contributed by atoms with E-state index in [2.05, 4.69) is 21.3 Å². The number of carboxylic acid groups (broad SMARTS) is 1. The SMILES string of the molecule is [3H]C1CC(=O)N(CC(=O)N[C@H](C(=O)NC(CO[C@@H]2O[C@H](C(=O)O)[C@@H](O)[C@H](O)[C@H]2O)C(=O)NCCNC(=O)[C@]2(O)Cc3c(O)c4c(c(O)c3[C@@](O)(O[C@@H]3C[C@H]5[C@H](O[C@@H]6[C@@H](OC)OCCN65)[C@H](C)O3)C2)C(=O)c2c(OC)cccc2C4=O)C(C)C)C1=O. The summed E-state index contributed by atoms with van der Waals surface area (Å²) in [6, 6.07) is 0.264. The first-order valence-corrected chi connectivity index (χ1v) is 26.8. The molecule has 458 valence electrons. The molecule has 6 amide bonds. The minimum Gasteiger partial charge on any atom is -0.507 e. The van der Waals surface area contributed by atoms with Gasteiger partial charge in [0.1, 0.15) is 60.3 Å². The van der Waals surface area contributed by atoms with E-state index < -0.39 is 236 Å². The van der Waals surface area contributed by atoms with Gasteiger partial charge in [-0.3, -0.25) is 48.2 Å². The number of imide groups is 1. The van der Waals surface area contributed by atoms with Gasteiger partial charge in [0.2, 0.25) is 41.1 Å². The third-order valence-electron chi connectivity index (χ3n) is 15.8. The largest absolute Gasteiger partial charge is 0.507 e. The number of phenolic OH excluding ortho intramolecular Hbond substituents is 2. The Morgan fingerprint density at radius 1 is 0.869 bits per heavy atom. The van der Waals surface area contributed by atoms with Crippen LogP contribution in [0, 0.1) is 5.92 Å². The number of aliphatic hydroxyl groups excluding tert-OH is 3. The maximum Gasteiger partial charge on any atom is 0.335 e. The van der Waals surface area contributed by atoms with Crippen molar-refractivity contribution in [2.75, 3.05) is 53.6 Å². The van der Waals surface area contributed by atoms with Crippen molar-refractivity contribution in [3.05, 3.63) is 51.6 Å². The third-order valence-corrected chi connectivity index (χ3v) is 15.8. The van der Waals surface area contributed by atoms with Crippen molar-refractivity contribution in [3.8, 4) is 17.2 Å². The van der Waals surface area contributed by atoms with E-state index in [0.29, 0.717) is 11.4 Å². The molecule has 12 N–H and O–H groups in total. The van der Waals surface area contributed by atoms with Gasteiger partial charge >= 0.3 is 5.97 Å². The van der Waals surface area contributed by atoms with E-state index in [1.165, 1.54) is 46.3 Å². The number of aliphatic carboxylic acids is 1. The standard InChI is InChI=1S/C53H66N6O25/c1-20(2)35(57-27(60)17-59-28(61)9-10-29(59)62)46(71)56-24(18-80-49-42(69)40(67)41(68)44(83-49)48(72)73)45(70)54-11-12-55-51(74)52(75)16-23-34(39(66)33-32(37(23)64)36(63)22-7-6-8-26(77-4)31(22)38(33)65)53(76,19-52)84-30-15-25-43(21(3)81-30)82-47-50(78-5)79-14-13-58(25)47/h6-8,20-21,24-25,30,35,40-44,47,49-50,64,66-69,75-76H,9-19H2,1-5H3,(H,54,70)(H,55,74)(H,56,71)(H,57,60)(H,72,73)/t21-,24?,25-,30+,35-,40-,41-,42+,43+,44-,47+,49+,50-,52-,53-/m0/s1/i9T/t9?,21-,24?,25-,30+,35-,40-,41-,42+,43+,44-,47+,49+,50-,52-,53-. The number of hydrogen-bond acceptors (Lipinski definition) is 25. The number of fused-ring (bicyclic) bond motifs is 6. The molecule has 0 radical (unpaired) electrons. The molecule has 0 spiro atoms. The molecule has 0 aromatic heterocycles. The molecule has 31 nitrogen and oxygen atoms in total. The number of hydrogen-bond donors (Lipinski definition) is 12. The van der Waals surface area contributed by atoms with Crippen molar-refractivity contribution in [1.82, 2.24) is 31.1 Å². The highest BCUT2D eigenvalue weighted by Gasteiger charge is 2.59. The fourth-order valence-corrected chi connectivity index (χ4v) is 11.7. The van der Waals surface area contributed by atoms with Crippen molar-refractivity contribution in [2.24, 2.45) is 5.92 Å². The van der Waals surface area contributed by atoms with E-state index in [9.17, 15) is 84.0 Å². The Balaban J connectivity index is 0.952. The van der Waals surface area contributed by atoms with Gasteiger partial charge in [0.15, 0.2) is 42.6 Å². The van der Waals surface area contributed by atoms with Gasteiger partial charge in [-0.1, -0.05) is 26.0 Å². The fourth-order valence-electron chi connectivity index (χ4n) is 11.7. The van der Waals surface area contributed by atoms with Crippen molar-refractivity contribution < 1.29 is 123 Å². The summed E-state index contributed by atoms with van der Waals surface area (Å²) in [5, 5.41) is 100. The molecule has 5 fully saturated rings. The van der Waals surface area contributed by atoms with Gasteiger partial charge in [-0.05, 0) is 18.9 Å². The van der Waals surface area contributed by atoms with Gasteiger partial charge < -0.3 is 100 Å². The Morgan fingerprint density at radius 2 is 1.58 bits per heavy atom. The summed E-state index contributed by atoms with van der Waals surface area (Å²) in [6.45, 7) is 2.33. The topological polar surface area (TPSA) is 444 Å². The van der Waals surface area contributed by atoms with E-state index in [1.54, 1.807) is 6.92 Å². The van der Waals surface area contributed by atoms with Crippen LogP contribution >= 0.6 is 0 Å². The number of methoxy groups -OCH3 is 2. The predicted molar refractivity (Wildman–Crippen MR) is 274 cm³/mol. The quantitative estimate of drug-likeness (QED) is 0.0232. The van der Waals surface area contributed by atoms with Crippen LogP contribution in [0.5, 0.6) is 17.2 Å². The molecule has 0 saturated carbocycles. The number of aliphatic hydroxyl groups is 5. The number of carboxylic acids is 1. The maximum absolute atomic E-state index is 14.4. The van der Waals surface area contributed by atoms with Gasteiger partial charge in [-0.2, -0.15) is 0 Å². The first kappa shape index (κ1) is 60.3. The average molecular weight is 1190 g/mol. The third kappa shape index (κ3) is 11.4. The molecule has 84 heavy (non-hydrogen) atoms. The number of carbonyl (C=O) groups is 9. The van der Waals surface area contributed by atoms with Crippen LogP contribution in [-0.2, 0) is 78.9 Å². The second-order valence-corrected chi connectivity index (χ2v) is 21.6. The Morgan fingerprint density at radius 3 is 2.25 bits per heavy atom. The molecule has 5 saturated heterocycles. The number of aromatic hydroxyl groups is 2. The van der Waals surface area contributed by atoms with Crippen LogP contribution < -0.4 is 26.0 Å². The van der Waals surface area contributed by atoms with Gasteiger partial charge in [0, 0.05) is 77.4 Å². The Labute approximate surface area is 478 Å². The number of nitrogens with zero attached hydrogens (tertiary/aromatic N) is 2. The second-order valence-electron chi connectivity index (χ2n) is 21.6. The summed E-state index contributed by atoms with van der Waals surface area (Å²) in [7, 11) is 2.69. The smallest absolute Gasteiger partial charge is 0.335 e. The molecule has 2 unspecified atom stereocenters. The molecule has 5 aliphatic heterocycles. The van der Waals surface area contributed by atoms with E-state index in [4.69, 9.17) is 39.3 Å². The van der Waals surface area contributed by atoms with E-state index in [0.717, 1.165) is 0 Å². The van der Waals surface area contributed by atoms with Crippen LogP contribution in [0.3, 0.4) is 0 Å². The van der Waals surface area contributed by atoms with Gasteiger partial charge in [-0.15, -0.1) is 0 Å². The molecule has 2 aliphatic carbocycles. The van der Waals surface area contributed by atoms with Crippen molar-refractivity contribution in [3.63, 3.8) is 0 Å². The van der Waals surface area contributed by atoms with Crippen LogP contribution in [0.2, 0.25) is 0 Å². The highest BCUT2D eigenvalue weighted by molar-refractivity contribution is 6.31. The first-order valence-electron chi connectivity index (χ1n) is 27.4. The first-order chi connectivity index (χ1) is 40.1. The summed E-state index contributed by atoms with van der Waals surface area (Å²) in [4.78, 5) is 123. The number of carbonyl (C=O) groups excluding carboxylic acids is 8. The minimum absolute atomic E-state index is 0.0399. The van der Waals surface area contributed by atoms with Crippen LogP contribution in [0.4, 0.5) is 0 Å². The molecule has 0 bridgehead atoms. The number of amides is 6. The molecule has 31 heteroatoms. The number of phenols is 2. The number of ketones is 2. The number of morpholine rings is 1. The summed E-state index contributed by atoms with van der Waals surface area (Å²) in [5.74, 6) is -15.8. The van der Waals surface area contributed by atoms with Crippen LogP contribution in [-0.4, -0.2) is 243 Å². The lowest BCUT2D eigenvalue weighted by atomic mass is 9.71. The van der Waals surface area contributed by atoms with Crippen LogP contribution in [0.15, 0.2) is 18.2 Å². The zero-order chi connectivity index (χ0) is 61.9. The molecule has 16 atom stereocenters. The molecule has 5 heterocycles. The van der Waals surface area contributed by atoms with Gasteiger partial charge in [0.25, 0.3) is 5.91 Å². The van der Waals surface area contributed by atoms with Crippen molar-refractivity contribution in [2.45, 2.75) is 144 Å². The van der Waals surface area contributed by atoms with Crippen LogP contribution in [0.1, 0.15) is 90.8 Å². The number of likely N-dealkylation sites (tertiary alicyclic amines) is 1. The number of nitrogens with one attached hydrogen (secondary N) is 4. The molecule has 7 aliphatic rings. The normalized spacial score (nSPS) is 32.7. The molecule has 2 aromatic rings. The van der Waals surface area contributed by atoms with Gasteiger partial charge in [-0.25, -0.2) is 4.79 Å². The second kappa shape index (κ2) is 24.3. The Bertz CT molecular complexity index is 3040. The van der Waals surface area contributed by atoms with E-state index >= 15 is 0 Å². The molecule has 9 rings (SSSR count). The highest BCUT2D eigenvalue weighted by Crippen LogP contribution is 2.54. The Hall–Kier alpha value is -6.85. The summed E-state index contributed by atoms with van der Waals surface area (Å²) < 4.78 is 53.8. The van der Waals surface area contributed by atoms with Crippen LogP contribution in [0.25, 0.3) is 0 Å². The fraction of sp³-hybridized carbons (Fsp3) is 0.604. The molecule has 2 aromatic carbocycles. The Kier molecular flexibility index (Phi) is 17.4. The highest BCUT2D eigenvalue weighted by atomic mass is 16.8. The van der Waals surface area contributed by atoms with Gasteiger partial charge in [0.05, 0.1) is 48.7 Å². The van der Waals surface area contributed by atoms with E-state index in [1.807, 2.05) is 4.90 Å². The molecular weight excluding hydrogens is 1120 g/mol. The number of ether oxygens (including phenoxy) is 8. The van der Waals surface area contributed by atoms with Crippen molar-refractivity contribution in [1.29, 1.82) is 0 Å². The minimum atomic E-state index is -3.04. The predicted octanol–water partition coefficient (Wildman–Crippen LogP) is -4.83. The molecular formula is C53H66N6O25. The zero-order valence-electron chi connectivity index (χ0n) is 46.9. The summed E-state index contributed by atoms with van der Waals surface area (Å²) in [6.07, 6.45) is -18.8.